The normalized spacial score (nSPS) is 23.4. The van der Waals surface area contributed by atoms with Crippen molar-refractivity contribution in [1.82, 2.24) is 4.90 Å². The van der Waals surface area contributed by atoms with Crippen LogP contribution in [0.25, 0.3) is 0 Å². The van der Waals surface area contributed by atoms with Crippen LogP contribution in [0.1, 0.15) is 17.3 Å². The van der Waals surface area contributed by atoms with Crippen LogP contribution in [0.2, 0.25) is 0 Å². The van der Waals surface area contributed by atoms with Gasteiger partial charge in [0.2, 0.25) is 0 Å². The maximum Gasteiger partial charge on any atom is 0.258 e. The molecular weight excluding hydrogens is 248 g/mol. The van der Waals surface area contributed by atoms with Crippen LogP contribution in [-0.4, -0.2) is 52.9 Å². The summed E-state index contributed by atoms with van der Waals surface area (Å²) in [4.78, 5) is 14.0. The number of phenolic OH excluding ortho intramolecular Hbond substituents is 2. The summed E-state index contributed by atoms with van der Waals surface area (Å²) in [6.07, 6.45) is -0.181. The van der Waals surface area contributed by atoms with Crippen molar-refractivity contribution in [3.05, 3.63) is 23.8 Å². The first kappa shape index (κ1) is 13.6. The van der Waals surface area contributed by atoms with Crippen LogP contribution in [0.3, 0.4) is 0 Å². The van der Waals surface area contributed by atoms with Gasteiger partial charge in [0.25, 0.3) is 5.91 Å². The molecular formula is C13H18N2O4. The number of ether oxygens (including phenoxy) is 1. The third-order valence-corrected chi connectivity index (χ3v) is 3.24. The number of hydrogen-bond donors (Lipinski definition) is 3. The van der Waals surface area contributed by atoms with Gasteiger partial charge in [-0.1, -0.05) is 0 Å². The van der Waals surface area contributed by atoms with Gasteiger partial charge < -0.3 is 25.6 Å². The quantitative estimate of drug-likeness (QED) is 0.715. The van der Waals surface area contributed by atoms with Gasteiger partial charge in [-0.3, -0.25) is 4.79 Å². The summed E-state index contributed by atoms with van der Waals surface area (Å²) in [5.74, 6) is -0.594. The van der Waals surface area contributed by atoms with Crippen LogP contribution in [0.5, 0.6) is 11.5 Å². The molecule has 19 heavy (non-hydrogen) atoms. The Morgan fingerprint density at radius 2 is 2.26 bits per heavy atom. The van der Waals surface area contributed by atoms with Crippen LogP contribution >= 0.6 is 0 Å². The number of carbonyl (C=O) groups is 1. The number of morpholine rings is 1. The first-order chi connectivity index (χ1) is 9.02. The highest BCUT2D eigenvalue weighted by atomic mass is 16.5. The minimum absolute atomic E-state index is 0.0797. The van der Waals surface area contributed by atoms with E-state index < -0.39 is 0 Å². The number of amides is 1. The molecule has 2 rings (SSSR count). The van der Waals surface area contributed by atoms with Crippen LogP contribution < -0.4 is 5.73 Å². The summed E-state index contributed by atoms with van der Waals surface area (Å²) in [7, 11) is 0. The molecule has 1 aromatic carbocycles. The van der Waals surface area contributed by atoms with Crippen molar-refractivity contribution in [2.75, 3.05) is 19.7 Å². The smallest absolute Gasteiger partial charge is 0.258 e. The van der Waals surface area contributed by atoms with E-state index in [1.807, 2.05) is 6.92 Å². The third kappa shape index (κ3) is 2.80. The summed E-state index contributed by atoms with van der Waals surface area (Å²) in [6, 6.07) is 3.85. The molecule has 1 aliphatic rings. The minimum atomic E-state index is -0.285. The molecule has 1 aromatic rings. The van der Waals surface area contributed by atoms with E-state index in [1.54, 1.807) is 4.90 Å². The Labute approximate surface area is 111 Å². The lowest BCUT2D eigenvalue weighted by Crippen LogP contribution is -2.52. The van der Waals surface area contributed by atoms with E-state index in [0.717, 1.165) is 6.07 Å². The number of aromatic hydroxyl groups is 2. The summed E-state index contributed by atoms with van der Waals surface area (Å²) in [6.45, 7) is 3.05. The number of nitrogens with two attached hydrogens (primary N) is 1. The van der Waals surface area contributed by atoms with Crippen molar-refractivity contribution in [3.63, 3.8) is 0 Å². The van der Waals surface area contributed by atoms with Gasteiger partial charge in [0, 0.05) is 19.2 Å². The lowest BCUT2D eigenvalue weighted by atomic mass is 10.1. The van der Waals surface area contributed by atoms with Crippen LogP contribution in [0.15, 0.2) is 18.2 Å². The van der Waals surface area contributed by atoms with Crippen LogP contribution in [0, 0.1) is 0 Å². The molecule has 6 heteroatoms. The molecule has 104 valence electrons. The minimum Gasteiger partial charge on any atom is -0.508 e. The number of benzene rings is 1. The summed E-state index contributed by atoms with van der Waals surface area (Å²) in [5.41, 5.74) is 5.72. The van der Waals surface area contributed by atoms with Crippen molar-refractivity contribution in [1.29, 1.82) is 0 Å². The highest BCUT2D eigenvalue weighted by Crippen LogP contribution is 2.25. The first-order valence-corrected chi connectivity index (χ1v) is 6.17. The molecule has 0 bridgehead atoms. The summed E-state index contributed by atoms with van der Waals surface area (Å²) >= 11 is 0. The Bertz CT molecular complexity index is 478. The number of nitrogens with zero attached hydrogens (tertiary/aromatic N) is 1. The van der Waals surface area contributed by atoms with E-state index in [0.29, 0.717) is 19.7 Å². The fourth-order valence-corrected chi connectivity index (χ4v) is 2.10. The van der Waals surface area contributed by atoms with Crippen molar-refractivity contribution in [3.8, 4) is 11.5 Å². The topological polar surface area (TPSA) is 96.0 Å². The zero-order valence-electron chi connectivity index (χ0n) is 10.7. The average Bonchev–Trinajstić information content (AvgIpc) is 2.38. The van der Waals surface area contributed by atoms with Crippen LogP contribution in [0.4, 0.5) is 0 Å². The largest absolute Gasteiger partial charge is 0.508 e. The molecule has 0 aliphatic carbocycles. The van der Waals surface area contributed by atoms with Crippen LogP contribution in [-0.2, 0) is 4.74 Å². The second kappa shape index (κ2) is 5.46. The van der Waals surface area contributed by atoms with Crippen molar-refractivity contribution < 1.29 is 19.7 Å². The Kier molecular flexibility index (Phi) is 3.92. The number of carbonyl (C=O) groups excluding carboxylic acids is 1. The van der Waals surface area contributed by atoms with Gasteiger partial charge >= 0.3 is 0 Å². The Morgan fingerprint density at radius 1 is 1.53 bits per heavy atom. The van der Waals surface area contributed by atoms with E-state index in [-0.39, 0.29) is 35.1 Å². The van der Waals surface area contributed by atoms with Gasteiger partial charge in [-0.2, -0.15) is 0 Å². The maximum absolute atomic E-state index is 12.4. The fraction of sp³-hybridized carbons (Fsp3) is 0.462. The van der Waals surface area contributed by atoms with E-state index in [2.05, 4.69) is 0 Å². The number of hydrogen-bond acceptors (Lipinski definition) is 5. The standard InChI is InChI=1S/C13H18N2O4/c1-8-7-19-10(5-14)6-15(8)13(18)11-3-2-9(16)4-12(11)17/h2-4,8,10,16-17H,5-7,14H2,1H3. The molecule has 2 atom stereocenters. The van der Waals surface area contributed by atoms with Crippen molar-refractivity contribution >= 4 is 5.91 Å². The fourth-order valence-electron chi connectivity index (χ4n) is 2.10. The summed E-state index contributed by atoms with van der Waals surface area (Å²) in [5, 5.41) is 19.0. The van der Waals surface area contributed by atoms with Gasteiger partial charge in [0.15, 0.2) is 0 Å². The molecule has 2 unspecified atom stereocenters. The molecule has 0 aromatic heterocycles. The number of rotatable bonds is 2. The molecule has 1 fully saturated rings. The first-order valence-electron chi connectivity index (χ1n) is 6.17. The molecule has 1 amide bonds. The van der Waals surface area contributed by atoms with E-state index >= 15 is 0 Å². The van der Waals surface area contributed by atoms with E-state index in [1.165, 1.54) is 12.1 Å². The SMILES string of the molecule is CC1COC(CN)CN1C(=O)c1ccc(O)cc1O. The van der Waals surface area contributed by atoms with Crippen molar-refractivity contribution in [2.24, 2.45) is 5.73 Å². The van der Waals surface area contributed by atoms with Gasteiger partial charge in [-0.15, -0.1) is 0 Å². The van der Waals surface area contributed by atoms with Gasteiger partial charge in [0.05, 0.1) is 24.3 Å². The molecule has 1 saturated heterocycles. The second-order valence-electron chi connectivity index (χ2n) is 4.70. The van der Waals surface area contributed by atoms with Gasteiger partial charge in [-0.25, -0.2) is 0 Å². The van der Waals surface area contributed by atoms with E-state index in [9.17, 15) is 15.0 Å². The zero-order valence-corrected chi connectivity index (χ0v) is 10.7. The molecule has 1 aliphatic heterocycles. The molecule has 0 saturated carbocycles. The number of phenols is 2. The van der Waals surface area contributed by atoms with Gasteiger partial charge in [-0.05, 0) is 19.1 Å². The Balaban J connectivity index is 2.22. The molecule has 0 radical (unpaired) electrons. The molecule has 1 heterocycles. The third-order valence-electron chi connectivity index (χ3n) is 3.24. The lowest BCUT2D eigenvalue weighted by Gasteiger charge is -2.37. The average molecular weight is 266 g/mol. The highest BCUT2D eigenvalue weighted by molar-refractivity contribution is 5.97. The Hall–Kier alpha value is -1.79. The monoisotopic (exact) mass is 266 g/mol. The molecule has 0 spiro atoms. The molecule has 4 N–H and O–H groups in total. The molecule has 6 nitrogen and oxygen atoms in total. The highest BCUT2D eigenvalue weighted by Gasteiger charge is 2.30. The van der Waals surface area contributed by atoms with Gasteiger partial charge in [0.1, 0.15) is 11.5 Å². The summed E-state index contributed by atoms with van der Waals surface area (Å²) < 4.78 is 5.48. The maximum atomic E-state index is 12.4. The predicted octanol–water partition coefficient (Wildman–Crippen LogP) is 0.286. The predicted molar refractivity (Wildman–Crippen MR) is 69.1 cm³/mol. The second-order valence-corrected chi connectivity index (χ2v) is 4.70. The zero-order chi connectivity index (χ0) is 14.0. The Morgan fingerprint density at radius 3 is 2.89 bits per heavy atom. The lowest BCUT2D eigenvalue weighted by molar-refractivity contribution is -0.0426. The van der Waals surface area contributed by atoms with E-state index in [4.69, 9.17) is 10.5 Å². The van der Waals surface area contributed by atoms with Crippen molar-refractivity contribution in [2.45, 2.75) is 19.1 Å².